The molecule has 2 aromatic carbocycles. The molecule has 4 aromatic rings. The molecule has 0 bridgehead atoms. The molecular weight excluding hydrogens is 334 g/mol. The van der Waals surface area contributed by atoms with Crippen LogP contribution in [0.3, 0.4) is 0 Å². The zero-order valence-electron chi connectivity index (χ0n) is 14.2. The van der Waals surface area contributed by atoms with E-state index >= 15 is 0 Å². The van der Waals surface area contributed by atoms with Gasteiger partial charge in [-0.15, -0.1) is 10.2 Å². The SMILES string of the molecule is COc1ccc(-c2nnc3sc(-c4ccc(N(C)C)cc4)nn23)cc1. The molecule has 2 heterocycles. The summed E-state index contributed by atoms with van der Waals surface area (Å²) in [5.74, 6) is 1.54. The molecule has 0 saturated heterocycles. The lowest BCUT2D eigenvalue weighted by molar-refractivity contribution is 0.415. The smallest absolute Gasteiger partial charge is 0.235 e. The van der Waals surface area contributed by atoms with Crippen LogP contribution in [0.4, 0.5) is 5.69 Å². The first kappa shape index (κ1) is 15.6. The zero-order valence-corrected chi connectivity index (χ0v) is 15.0. The second kappa shape index (κ2) is 6.18. The molecule has 0 fully saturated rings. The Labute approximate surface area is 149 Å². The summed E-state index contributed by atoms with van der Waals surface area (Å²) in [6.45, 7) is 0. The van der Waals surface area contributed by atoms with Crippen molar-refractivity contribution in [2.75, 3.05) is 26.1 Å². The quantitative estimate of drug-likeness (QED) is 0.562. The predicted octanol–water partition coefficient (Wildman–Crippen LogP) is 3.59. The Balaban J connectivity index is 1.72. The van der Waals surface area contributed by atoms with Crippen LogP contribution in [0.15, 0.2) is 48.5 Å². The lowest BCUT2D eigenvalue weighted by Crippen LogP contribution is -2.07. The van der Waals surface area contributed by atoms with Crippen molar-refractivity contribution in [1.29, 1.82) is 0 Å². The van der Waals surface area contributed by atoms with E-state index in [-0.39, 0.29) is 0 Å². The molecule has 0 spiro atoms. The van der Waals surface area contributed by atoms with Crippen LogP contribution in [0.5, 0.6) is 5.75 Å². The minimum Gasteiger partial charge on any atom is -0.497 e. The predicted molar refractivity (Wildman–Crippen MR) is 100 cm³/mol. The number of ether oxygens (including phenoxy) is 1. The van der Waals surface area contributed by atoms with Gasteiger partial charge in [0, 0.05) is 30.9 Å². The van der Waals surface area contributed by atoms with E-state index in [1.54, 1.807) is 11.6 Å². The number of methoxy groups -OCH3 is 1. The van der Waals surface area contributed by atoms with E-state index in [0.717, 1.165) is 38.4 Å². The van der Waals surface area contributed by atoms with Gasteiger partial charge < -0.3 is 9.64 Å². The average Bonchev–Trinajstić information content (AvgIpc) is 3.22. The third-order valence-corrected chi connectivity index (χ3v) is 4.92. The molecule has 0 aliphatic carbocycles. The molecule has 7 heteroatoms. The van der Waals surface area contributed by atoms with Gasteiger partial charge in [0.15, 0.2) is 5.82 Å². The number of nitrogens with zero attached hydrogens (tertiary/aromatic N) is 5. The minimum atomic E-state index is 0.727. The van der Waals surface area contributed by atoms with Crippen LogP contribution in [-0.2, 0) is 0 Å². The Morgan fingerprint density at radius 3 is 2.24 bits per heavy atom. The first-order chi connectivity index (χ1) is 12.2. The van der Waals surface area contributed by atoms with Crippen molar-refractivity contribution in [3.8, 4) is 27.7 Å². The molecule has 0 unspecified atom stereocenters. The second-order valence-corrected chi connectivity index (χ2v) is 6.75. The molecular formula is C18H17N5OS. The Bertz CT molecular complexity index is 1000. The summed E-state index contributed by atoms with van der Waals surface area (Å²) in [5, 5.41) is 14.1. The molecule has 0 saturated carbocycles. The lowest BCUT2D eigenvalue weighted by Gasteiger charge is -2.11. The van der Waals surface area contributed by atoms with Crippen molar-refractivity contribution in [2.45, 2.75) is 0 Å². The largest absolute Gasteiger partial charge is 0.497 e. The monoisotopic (exact) mass is 351 g/mol. The van der Waals surface area contributed by atoms with Crippen LogP contribution in [0.1, 0.15) is 0 Å². The molecule has 0 amide bonds. The topological polar surface area (TPSA) is 55.6 Å². The first-order valence-corrected chi connectivity index (χ1v) is 8.62. The summed E-state index contributed by atoms with van der Waals surface area (Å²) in [6, 6.07) is 16.1. The van der Waals surface area contributed by atoms with E-state index in [1.165, 1.54) is 11.3 Å². The van der Waals surface area contributed by atoms with Gasteiger partial charge in [0.05, 0.1) is 7.11 Å². The molecule has 2 aromatic heterocycles. The summed E-state index contributed by atoms with van der Waals surface area (Å²) in [5.41, 5.74) is 3.18. The van der Waals surface area contributed by atoms with Gasteiger partial charge in [-0.2, -0.15) is 9.61 Å². The highest BCUT2D eigenvalue weighted by Crippen LogP contribution is 2.29. The fraction of sp³-hybridized carbons (Fsp3) is 0.167. The van der Waals surface area contributed by atoms with E-state index in [4.69, 9.17) is 9.84 Å². The number of hydrogen-bond acceptors (Lipinski definition) is 6. The normalized spacial score (nSPS) is 11.0. The molecule has 6 nitrogen and oxygen atoms in total. The standard InChI is InChI=1S/C18H17N5OS/c1-22(2)14-8-4-13(5-9-14)17-21-23-16(19-20-18(23)25-17)12-6-10-15(24-3)11-7-12/h4-11H,1-3H3. The van der Waals surface area contributed by atoms with Crippen LogP contribution in [0.25, 0.3) is 26.9 Å². The van der Waals surface area contributed by atoms with Crippen LogP contribution in [0, 0.1) is 0 Å². The molecule has 0 radical (unpaired) electrons. The Morgan fingerprint density at radius 2 is 1.60 bits per heavy atom. The van der Waals surface area contributed by atoms with Gasteiger partial charge in [0.25, 0.3) is 0 Å². The van der Waals surface area contributed by atoms with Crippen molar-refractivity contribution in [3.63, 3.8) is 0 Å². The fourth-order valence-electron chi connectivity index (χ4n) is 2.56. The van der Waals surface area contributed by atoms with Gasteiger partial charge in [-0.05, 0) is 48.5 Å². The molecule has 0 aliphatic rings. The highest BCUT2D eigenvalue weighted by atomic mass is 32.1. The molecule has 4 rings (SSSR count). The Morgan fingerprint density at radius 1 is 0.920 bits per heavy atom. The van der Waals surface area contributed by atoms with Gasteiger partial charge in [0.2, 0.25) is 4.96 Å². The average molecular weight is 351 g/mol. The fourth-order valence-corrected chi connectivity index (χ4v) is 3.40. The van der Waals surface area contributed by atoms with E-state index in [9.17, 15) is 0 Å². The highest BCUT2D eigenvalue weighted by Gasteiger charge is 2.14. The van der Waals surface area contributed by atoms with Gasteiger partial charge in [-0.25, -0.2) is 0 Å². The number of benzene rings is 2. The number of anilines is 1. The van der Waals surface area contributed by atoms with E-state index < -0.39 is 0 Å². The maximum Gasteiger partial charge on any atom is 0.235 e. The third-order valence-electron chi connectivity index (χ3n) is 3.97. The highest BCUT2D eigenvalue weighted by molar-refractivity contribution is 7.19. The van der Waals surface area contributed by atoms with Gasteiger partial charge in [-0.1, -0.05) is 11.3 Å². The van der Waals surface area contributed by atoms with Crippen LogP contribution < -0.4 is 9.64 Å². The Hall–Kier alpha value is -2.93. The summed E-state index contributed by atoms with van der Waals surface area (Å²) in [4.78, 5) is 2.85. The molecule has 0 N–H and O–H groups in total. The van der Waals surface area contributed by atoms with Gasteiger partial charge in [-0.3, -0.25) is 0 Å². The maximum atomic E-state index is 5.20. The van der Waals surface area contributed by atoms with Gasteiger partial charge >= 0.3 is 0 Å². The first-order valence-electron chi connectivity index (χ1n) is 7.80. The molecule has 0 aliphatic heterocycles. The number of rotatable bonds is 4. The Kier molecular flexibility index (Phi) is 3.85. The zero-order chi connectivity index (χ0) is 17.4. The summed E-state index contributed by atoms with van der Waals surface area (Å²) >= 11 is 1.53. The number of fused-ring (bicyclic) bond motifs is 1. The van der Waals surface area contributed by atoms with Crippen LogP contribution in [0.2, 0.25) is 0 Å². The minimum absolute atomic E-state index is 0.727. The van der Waals surface area contributed by atoms with Crippen molar-refractivity contribution in [1.82, 2.24) is 19.8 Å². The van der Waals surface area contributed by atoms with Crippen molar-refractivity contribution in [3.05, 3.63) is 48.5 Å². The lowest BCUT2D eigenvalue weighted by atomic mass is 10.2. The van der Waals surface area contributed by atoms with Gasteiger partial charge in [0.1, 0.15) is 10.8 Å². The van der Waals surface area contributed by atoms with Crippen molar-refractivity contribution < 1.29 is 4.74 Å². The van der Waals surface area contributed by atoms with E-state index in [0.29, 0.717) is 0 Å². The van der Waals surface area contributed by atoms with Crippen molar-refractivity contribution >= 4 is 22.0 Å². The second-order valence-electron chi connectivity index (χ2n) is 5.80. The summed E-state index contributed by atoms with van der Waals surface area (Å²) in [6.07, 6.45) is 0. The molecule has 0 atom stereocenters. The van der Waals surface area contributed by atoms with Crippen LogP contribution >= 0.6 is 11.3 Å². The van der Waals surface area contributed by atoms with Crippen molar-refractivity contribution in [2.24, 2.45) is 0 Å². The molecule has 25 heavy (non-hydrogen) atoms. The number of aromatic nitrogens is 4. The maximum absolute atomic E-state index is 5.20. The third kappa shape index (κ3) is 2.83. The summed E-state index contributed by atoms with van der Waals surface area (Å²) in [7, 11) is 5.71. The number of hydrogen-bond donors (Lipinski definition) is 0. The van der Waals surface area contributed by atoms with Crippen LogP contribution in [-0.4, -0.2) is 41.0 Å². The molecule has 126 valence electrons. The van der Waals surface area contributed by atoms with E-state index in [1.807, 2.05) is 38.4 Å². The summed E-state index contributed by atoms with van der Waals surface area (Å²) < 4.78 is 7.00. The van der Waals surface area contributed by atoms with E-state index in [2.05, 4.69) is 39.4 Å².